The van der Waals surface area contributed by atoms with E-state index in [1.165, 1.54) is 13.8 Å². The van der Waals surface area contributed by atoms with Crippen molar-refractivity contribution in [1.82, 2.24) is 0 Å². The molecule has 126 valence electrons. The first-order valence-electron chi connectivity index (χ1n) is 7.13. The zero-order chi connectivity index (χ0) is 17.5. The summed E-state index contributed by atoms with van der Waals surface area (Å²) in [7, 11) is 0. The van der Waals surface area contributed by atoms with Gasteiger partial charge in [-0.3, -0.25) is 9.59 Å². The van der Waals surface area contributed by atoms with Crippen LogP contribution in [0.4, 0.5) is 17.6 Å². The van der Waals surface area contributed by atoms with Crippen molar-refractivity contribution in [3.05, 3.63) is 34.4 Å². The molecule has 0 saturated heterocycles. The molecule has 7 heteroatoms. The number of esters is 2. The lowest BCUT2D eigenvalue weighted by atomic mass is 9.85. The van der Waals surface area contributed by atoms with Gasteiger partial charge in [-0.25, -0.2) is 17.6 Å². The normalized spacial score (nSPS) is 14.7. The van der Waals surface area contributed by atoms with Gasteiger partial charge in [-0.2, -0.15) is 0 Å². The number of ether oxygens (including phenoxy) is 1. The third kappa shape index (κ3) is 3.38. The third-order valence-corrected chi connectivity index (χ3v) is 3.85. The van der Waals surface area contributed by atoms with Crippen molar-refractivity contribution < 1.29 is 31.9 Å². The van der Waals surface area contributed by atoms with Crippen LogP contribution in [0.2, 0.25) is 0 Å². The lowest BCUT2D eigenvalue weighted by molar-refractivity contribution is -0.167. The molecule has 3 nitrogen and oxygen atoms in total. The van der Waals surface area contributed by atoms with Crippen LogP contribution in [0.25, 0.3) is 0 Å². The van der Waals surface area contributed by atoms with E-state index in [2.05, 4.69) is 4.74 Å². The van der Waals surface area contributed by atoms with E-state index in [1.54, 1.807) is 0 Å². The van der Waals surface area contributed by atoms with Crippen molar-refractivity contribution >= 4 is 11.9 Å². The van der Waals surface area contributed by atoms with Crippen molar-refractivity contribution in [2.24, 2.45) is 11.3 Å². The van der Waals surface area contributed by atoms with Crippen LogP contribution in [0, 0.1) is 41.5 Å². The highest BCUT2D eigenvalue weighted by molar-refractivity contribution is 5.90. The van der Waals surface area contributed by atoms with E-state index in [9.17, 15) is 27.2 Å². The Kier molecular flexibility index (Phi) is 4.50. The molecule has 0 aromatic heterocycles. The van der Waals surface area contributed by atoms with Crippen LogP contribution in [0.5, 0.6) is 0 Å². The maximum Gasteiger partial charge on any atom is 0.319 e. The van der Waals surface area contributed by atoms with Gasteiger partial charge in [-0.05, 0) is 40.0 Å². The fourth-order valence-electron chi connectivity index (χ4n) is 2.09. The molecule has 1 aliphatic carbocycles. The molecular formula is C16H16F4O3. The number of halogens is 4. The Hall–Kier alpha value is -1.92. The Bertz CT molecular complexity index is 649. The van der Waals surface area contributed by atoms with Gasteiger partial charge in [0.2, 0.25) is 0 Å². The number of hydrogen-bond acceptors (Lipinski definition) is 3. The van der Waals surface area contributed by atoms with Crippen LogP contribution in [0.15, 0.2) is 0 Å². The summed E-state index contributed by atoms with van der Waals surface area (Å²) in [5, 5.41) is 0. The molecule has 0 bridgehead atoms. The van der Waals surface area contributed by atoms with E-state index in [-0.39, 0.29) is 5.92 Å². The molecule has 0 amide bonds. The van der Waals surface area contributed by atoms with Crippen LogP contribution in [-0.4, -0.2) is 11.9 Å². The van der Waals surface area contributed by atoms with Crippen LogP contribution in [0.3, 0.4) is 0 Å². The molecule has 0 aliphatic heterocycles. The van der Waals surface area contributed by atoms with Crippen LogP contribution < -0.4 is 0 Å². The van der Waals surface area contributed by atoms with Crippen molar-refractivity contribution in [2.45, 2.75) is 40.0 Å². The van der Waals surface area contributed by atoms with E-state index in [1.807, 2.05) is 0 Å². The first-order valence-corrected chi connectivity index (χ1v) is 7.13. The molecule has 0 unspecified atom stereocenters. The summed E-state index contributed by atoms with van der Waals surface area (Å²) in [5.74, 6) is -8.10. The van der Waals surface area contributed by atoms with E-state index >= 15 is 0 Å². The second-order valence-electron chi connectivity index (χ2n) is 6.40. The number of carbonyl (C=O) groups excluding carboxylic acids is 2. The Morgan fingerprint density at radius 2 is 1.52 bits per heavy atom. The summed E-state index contributed by atoms with van der Waals surface area (Å²) in [6.45, 7) is 3.47. The molecule has 0 heterocycles. The second kappa shape index (κ2) is 5.94. The molecular weight excluding hydrogens is 316 g/mol. The predicted molar refractivity (Wildman–Crippen MR) is 72.3 cm³/mol. The average Bonchev–Trinajstić information content (AvgIpc) is 3.32. The van der Waals surface area contributed by atoms with Gasteiger partial charge in [-0.15, -0.1) is 0 Å². The summed E-state index contributed by atoms with van der Waals surface area (Å²) in [4.78, 5) is 23.5. The van der Waals surface area contributed by atoms with Gasteiger partial charge in [0.15, 0.2) is 23.3 Å². The molecule has 1 aromatic carbocycles. The fraction of sp³-hybridized carbons (Fsp3) is 0.500. The van der Waals surface area contributed by atoms with Gasteiger partial charge >= 0.3 is 11.9 Å². The topological polar surface area (TPSA) is 43.4 Å². The monoisotopic (exact) mass is 332 g/mol. The second-order valence-corrected chi connectivity index (χ2v) is 6.40. The summed E-state index contributed by atoms with van der Waals surface area (Å²) < 4.78 is 59.6. The molecule has 1 aromatic rings. The Balaban J connectivity index is 2.26. The van der Waals surface area contributed by atoms with Crippen molar-refractivity contribution in [2.75, 3.05) is 0 Å². The molecule has 2 rings (SSSR count). The van der Waals surface area contributed by atoms with E-state index in [0.29, 0.717) is 12.8 Å². The van der Waals surface area contributed by atoms with Crippen LogP contribution >= 0.6 is 0 Å². The fourth-order valence-corrected chi connectivity index (χ4v) is 2.09. The number of benzene rings is 1. The molecule has 0 N–H and O–H groups in total. The molecule has 1 aliphatic rings. The molecule has 0 radical (unpaired) electrons. The maximum absolute atomic E-state index is 13.9. The first kappa shape index (κ1) is 17.4. The van der Waals surface area contributed by atoms with Gasteiger partial charge < -0.3 is 4.74 Å². The lowest BCUT2D eigenvalue weighted by Crippen LogP contribution is -2.32. The summed E-state index contributed by atoms with van der Waals surface area (Å²) >= 11 is 0. The molecule has 1 saturated carbocycles. The predicted octanol–water partition coefficient (Wildman–Crippen LogP) is 3.60. The van der Waals surface area contributed by atoms with E-state index < -0.39 is 58.2 Å². The zero-order valence-corrected chi connectivity index (χ0v) is 12.9. The van der Waals surface area contributed by atoms with Crippen molar-refractivity contribution in [3.8, 4) is 0 Å². The quantitative estimate of drug-likeness (QED) is 0.366. The summed E-state index contributed by atoms with van der Waals surface area (Å²) in [6.07, 6.45) is 0.615. The van der Waals surface area contributed by atoms with Crippen LogP contribution in [0.1, 0.15) is 37.8 Å². The molecule has 1 fully saturated rings. The molecule has 23 heavy (non-hydrogen) atoms. The highest BCUT2D eigenvalue weighted by Gasteiger charge is 2.39. The van der Waals surface area contributed by atoms with Crippen molar-refractivity contribution in [3.63, 3.8) is 0 Å². The van der Waals surface area contributed by atoms with Gasteiger partial charge in [0.1, 0.15) is 0 Å². The number of hydrogen-bond donors (Lipinski definition) is 0. The minimum absolute atomic E-state index is 0.322. The minimum atomic E-state index is -1.55. The molecule has 0 spiro atoms. The maximum atomic E-state index is 13.9. The van der Waals surface area contributed by atoms with Crippen molar-refractivity contribution in [1.29, 1.82) is 0 Å². The number of rotatable bonds is 4. The van der Waals surface area contributed by atoms with Gasteiger partial charge in [0, 0.05) is 11.1 Å². The first-order chi connectivity index (χ1) is 10.6. The Morgan fingerprint density at radius 1 is 1.04 bits per heavy atom. The average molecular weight is 332 g/mol. The largest absolute Gasteiger partial charge is 0.393 e. The van der Waals surface area contributed by atoms with Gasteiger partial charge in [0.25, 0.3) is 0 Å². The summed E-state index contributed by atoms with van der Waals surface area (Å²) in [6, 6.07) is 0. The Morgan fingerprint density at radius 3 is 1.96 bits per heavy atom. The van der Waals surface area contributed by atoms with E-state index in [0.717, 1.165) is 6.92 Å². The Labute approximate surface area is 130 Å². The number of carbonyl (C=O) groups is 2. The minimum Gasteiger partial charge on any atom is -0.393 e. The SMILES string of the molecule is Cc1c(F)c(F)c(CC(C)(C)C(=O)OC(=O)C2CC2)c(F)c1F. The van der Waals surface area contributed by atoms with Gasteiger partial charge in [0.05, 0.1) is 11.3 Å². The van der Waals surface area contributed by atoms with Gasteiger partial charge in [-0.1, -0.05) is 0 Å². The summed E-state index contributed by atoms with van der Waals surface area (Å²) in [5.41, 5.74) is -3.18. The van der Waals surface area contributed by atoms with E-state index in [4.69, 9.17) is 0 Å². The highest BCUT2D eigenvalue weighted by Crippen LogP contribution is 2.33. The zero-order valence-electron chi connectivity index (χ0n) is 12.9. The lowest BCUT2D eigenvalue weighted by Gasteiger charge is -2.23. The highest BCUT2D eigenvalue weighted by atomic mass is 19.2. The third-order valence-electron chi connectivity index (χ3n) is 3.85. The smallest absolute Gasteiger partial charge is 0.319 e. The molecule has 0 atom stereocenters. The van der Waals surface area contributed by atoms with Crippen LogP contribution in [-0.2, 0) is 20.7 Å². The standard InChI is InChI=1S/C16H16F4O3/c1-7-10(17)12(19)9(13(20)11(7)18)6-16(2,3)15(22)23-14(21)8-4-5-8/h8H,4-6H2,1-3H3.